The van der Waals surface area contributed by atoms with Crippen LogP contribution in [0.25, 0.3) is 0 Å². The van der Waals surface area contributed by atoms with Gasteiger partial charge in [-0.15, -0.1) is 0 Å². The number of hydrogen-bond donors (Lipinski definition) is 1. The summed E-state index contributed by atoms with van der Waals surface area (Å²) >= 11 is 0. The molecular weight excluding hydrogens is 524 g/mol. The van der Waals surface area contributed by atoms with Gasteiger partial charge in [-0.2, -0.15) is 0 Å². The van der Waals surface area contributed by atoms with Crippen LogP contribution in [0.1, 0.15) is 201 Å². The minimum Gasteiger partial charge on any atom is -0.463 e. The Morgan fingerprint density at radius 1 is 0.476 bits per heavy atom. The molecule has 0 amide bonds. The molecule has 250 valence electrons. The van der Waals surface area contributed by atoms with Gasteiger partial charge < -0.3 is 14.6 Å². The molecule has 0 bridgehead atoms. The number of rotatable bonds is 33. The van der Waals surface area contributed by atoms with Crippen LogP contribution < -0.4 is 0 Å². The number of carbonyl (C=O) groups excluding carboxylic acids is 2. The third-order valence-electron chi connectivity index (χ3n) is 8.27. The Balaban J connectivity index is 3.39. The van der Waals surface area contributed by atoms with Crippen molar-refractivity contribution in [2.24, 2.45) is 5.92 Å². The number of carbonyl (C=O) groups is 2. The Kier molecular flexibility index (Phi) is 31.9. The minimum atomic E-state index is -0.954. The molecule has 0 spiro atoms. The van der Waals surface area contributed by atoms with E-state index in [1.165, 1.54) is 135 Å². The van der Waals surface area contributed by atoms with Gasteiger partial charge in [0, 0.05) is 12.8 Å². The van der Waals surface area contributed by atoms with Gasteiger partial charge in [0.05, 0.1) is 0 Å². The molecule has 0 unspecified atom stereocenters. The zero-order valence-corrected chi connectivity index (χ0v) is 28.4. The van der Waals surface area contributed by atoms with Crippen molar-refractivity contribution in [3.63, 3.8) is 0 Å². The lowest BCUT2D eigenvalue weighted by atomic mass is 10.0. The van der Waals surface area contributed by atoms with Crippen LogP contribution in [-0.4, -0.2) is 36.4 Å². The van der Waals surface area contributed by atoms with E-state index in [1.807, 2.05) is 0 Å². The Bertz CT molecular complexity index is 577. The minimum absolute atomic E-state index is 0.109. The summed E-state index contributed by atoms with van der Waals surface area (Å²) < 4.78 is 10.3. The van der Waals surface area contributed by atoms with E-state index in [0.717, 1.165) is 38.0 Å². The fourth-order valence-electron chi connectivity index (χ4n) is 5.45. The van der Waals surface area contributed by atoms with E-state index < -0.39 is 6.10 Å². The molecule has 0 aromatic carbocycles. The standard InChI is InChI=1S/C37H72O5/c1-4-5-6-7-8-9-10-11-12-13-14-15-18-21-24-27-30-36(39)41-32-35(38)33-42-37(40)31-28-25-22-19-16-17-20-23-26-29-34(2)3/h34-35,38H,4-33H2,1-3H3/t35-/m1/s1. The molecule has 42 heavy (non-hydrogen) atoms. The van der Waals surface area contributed by atoms with Gasteiger partial charge in [0.25, 0.3) is 0 Å². The van der Waals surface area contributed by atoms with Crippen molar-refractivity contribution in [3.05, 3.63) is 0 Å². The smallest absolute Gasteiger partial charge is 0.305 e. The monoisotopic (exact) mass is 597 g/mol. The zero-order chi connectivity index (χ0) is 30.9. The molecule has 0 radical (unpaired) electrons. The van der Waals surface area contributed by atoms with E-state index in [4.69, 9.17) is 9.47 Å². The maximum Gasteiger partial charge on any atom is 0.305 e. The molecule has 0 aliphatic carbocycles. The summed E-state index contributed by atoms with van der Waals surface area (Å²) in [6, 6.07) is 0. The summed E-state index contributed by atoms with van der Waals surface area (Å²) in [6.45, 7) is 6.63. The molecule has 0 heterocycles. The summed E-state index contributed by atoms with van der Waals surface area (Å²) in [5.74, 6) is 0.265. The second kappa shape index (κ2) is 32.8. The van der Waals surface area contributed by atoms with Crippen LogP contribution in [0.5, 0.6) is 0 Å². The highest BCUT2D eigenvalue weighted by molar-refractivity contribution is 5.69. The number of hydrogen-bond acceptors (Lipinski definition) is 5. The van der Waals surface area contributed by atoms with Crippen LogP contribution in [0.15, 0.2) is 0 Å². The van der Waals surface area contributed by atoms with E-state index in [2.05, 4.69) is 20.8 Å². The maximum absolute atomic E-state index is 11.9. The lowest BCUT2D eigenvalue weighted by Gasteiger charge is -2.12. The third kappa shape index (κ3) is 33.4. The molecule has 0 aromatic rings. The Labute approximate surface area is 261 Å². The number of aliphatic hydroxyl groups excluding tert-OH is 1. The quantitative estimate of drug-likeness (QED) is 0.0602. The number of aliphatic hydroxyl groups is 1. The molecule has 0 saturated carbocycles. The van der Waals surface area contributed by atoms with Crippen LogP contribution in [0.3, 0.4) is 0 Å². The normalized spacial score (nSPS) is 12.1. The number of esters is 2. The summed E-state index contributed by atoms with van der Waals surface area (Å²) in [6.07, 6.45) is 33.0. The topological polar surface area (TPSA) is 72.8 Å². The summed E-state index contributed by atoms with van der Waals surface area (Å²) in [5.41, 5.74) is 0. The first kappa shape index (κ1) is 40.9. The van der Waals surface area contributed by atoms with E-state index in [-0.39, 0.29) is 25.2 Å². The predicted molar refractivity (Wildman–Crippen MR) is 178 cm³/mol. The summed E-state index contributed by atoms with van der Waals surface area (Å²) in [7, 11) is 0. The fourth-order valence-corrected chi connectivity index (χ4v) is 5.45. The van der Waals surface area contributed by atoms with Gasteiger partial charge in [0.2, 0.25) is 0 Å². The average Bonchev–Trinajstić information content (AvgIpc) is 2.97. The van der Waals surface area contributed by atoms with Crippen LogP contribution in [0, 0.1) is 5.92 Å². The van der Waals surface area contributed by atoms with E-state index in [0.29, 0.717) is 12.8 Å². The van der Waals surface area contributed by atoms with Crippen LogP contribution >= 0.6 is 0 Å². The molecule has 5 heteroatoms. The Morgan fingerprint density at radius 2 is 0.762 bits per heavy atom. The van der Waals surface area contributed by atoms with Gasteiger partial charge >= 0.3 is 11.9 Å². The van der Waals surface area contributed by atoms with Gasteiger partial charge in [0.15, 0.2) is 0 Å². The van der Waals surface area contributed by atoms with Crippen molar-refractivity contribution < 1.29 is 24.2 Å². The molecule has 0 rings (SSSR count). The molecule has 0 fully saturated rings. The van der Waals surface area contributed by atoms with E-state index in [1.54, 1.807) is 0 Å². The first-order valence-corrected chi connectivity index (χ1v) is 18.4. The van der Waals surface area contributed by atoms with Gasteiger partial charge in [-0.25, -0.2) is 0 Å². The lowest BCUT2D eigenvalue weighted by molar-refractivity contribution is -0.152. The predicted octanol–water partition coefficient (Wildman–Crippen LogP) is 11.0. The van der Waals surface area contributed by atoms with Crippen LogP contribution in [0.4, 0.5) is 0 Å². The van der Waals surface area contributed by atoms with Crippen molar-refractivity contribution in [3.8, 4) is 0 Å². The second-order valence-corrected chi connectivity index (χ2v) is 13.2. The van der Waals surface area contributed by atoms with E-state index >= 15 is 0 Å². The van der Waals surface area contributed by atoms with Crippen molar-refractivity contribution in [1.29, 1.82) is 0 Å². The van der Waals surface area contributed by atoms with Gasteiger partial charge in [0.1, 0.15) is 19.3 Å². The Hall–Kier alpha value is -1.10. The zero-order valence-electron chi connectivity index (χ0n) is 28.4. The van der Waals surface area contributed by atoms with Gasteiger partial charge in [-0.05, 0) is 18.8 Å². The fraction of sp³-hybridized carbons (Fsp3) is 0.946. The second-order valence-electron chi connectivity index (χ2n) is 13.2. The molecule has 5 nitrogen and oxygen atoms in total. The summed E-state index contributed by atoms with van der Waals surface area (Å²) in [5, 5.41) is 9.98. The van der Waals surface area contributed by atoms with Crippen LogP contribution in [0.2, 0.25) is 0 Å². The highest BCUT2D eigenvalue weighted by Crippen LogP contribution is 2.15. The first-order valence-electron chi connectivity index (χ1n) is 18.4. The van der Waals surface area contributed by atoms with Crippen molar-refractivity contribution in [2.75, 3.05) is 13.2 Å². The molecule has 0 aliphatic rings. The molecule has 0 aromatic heterocycles. The number of unbranched alkanes of at least 4 members (excludes halogenated alkanes) is 23. The van der Waals surface area contributed by atoms with Crippen molar-refractivity contribution in [1.82, 2.24) is 0 Å². The molecule has 0 aliphatic heterocycles. The highest BCUT2D eigenvalue weighted by atomic mass is 16.6. The van der Waals surface area contributed by atoms with Crippen molar-refractivity contribution >= 4 is 11.9 Å². The first-order chi connectivity index (χ1) is 20.5. The van der Waals surface area contributed by atoms with Gasteiger partial charge in [-0.1, -0.05) is 175 Å². The molecule has 0 saturated heterocycles. The van der Waals surface area contributed by atoms with E-state index in [9.17, 15) is 14.7 Å². The molecular formula is C37H72O5. The highest BCUT2D eigenvalue weighted by Gasteiger charge is 2.12. The van der Waals surface area contributed by atoms with Gasteiger partial charge in [-0.3, -0.25) is 9.59 Å². The lowest BCUT2D eigenvalue weighted by Crippen LogP contribution is -2.25. The molecule has 1 N–H and O–H groups in total. The SMILES string of the molecule is CCCCCCCCCCCCCCCCCCC(=O)OC[C@@H](O)COC(=O)CCCCCCCCCCCC(C)C. The maximum atomic E-state index is 11.9. The average molecular weight is 597 g/mol. The largest absolute Gasteiger partial charge is 0.463 e. The number of ether oxygens (including phenoxy) is 2. The van der Waals surface area contributed by atoms with Crippen molar-refractivity contribution in [2.45, 2.75) is 207 Å². The molecule has 1 atom stereocenters. The Morgan fingerprint density at radius 3 is 1.07 bits per heavy atom. The summed E-state index contributed by atoms with van der Waals surface area (Å²) in [4.78, 5) is 23.8. The third-order valence-corrected chi connectivity index (χ3v) is 8.27. The van der Waals surface area contributed by atoms with Crippen LogP contribution in [-0.2, 0) is 19.1 Å².